The number of hydrogen-bond acceptors (Lipinski definition) is 4. The lowest BCUT2D eigenvalue weighted by Crippen LogP contribution is -2.31. The largest absolute Gasteiger partial charge is 0.573 e. The van der Waals surface area contributed by atoms with Crippen LogP contribution in [0.1, 0.15) is 16.7 Å². The van der Waals surface area contributed by atoms with E-state index in [1.807, 2.05) is 36.4 Å². The van der Waals surface area contributed by atoms with Crippen LogP contribution < -0.4 is 20.5 Å². The Hall–Kier alpha value is -3.75. The van der Waals surface area contributed by atoms with Gasteiger partial charge in [0.25, 0.3) is 0 Å². The Bertz CT molecular complexity index is 994. The number of nitrogens with one attached hydrogen (secondary N) is 1. The van der Waals surface area contributed by atoms with Crippen LogP contribution in [0.25, 0.3) is 0 Å². The van der Waals surface area contributed by atoms with Crippen molar-refractivity contribution in [3.05, 3.63) is 89.6 Å². The van der Waals surface area contributed by atoms with Crippen LogP contribution in [0.3, 0.4) is 0 Å². The van der Waals surface area contributed by atoms with Gasteiger partial charge in [0.2, 0.25) is 5.88 Å². The van der Waals surface area contributed by atoms with Gasteiger partial charge in [0.15, 0.2) is 5.96 Å². The number of nitrogens with two attached hydrogens (primary N) is 1. The van der Waals surface area contributed by atoms with Gasteiger partial charge < -0.3 is 20.5 Å². The number of aliphatic imine (C=N–C) groups is 1. The molecule has 2 aromatic carbocycles. The maximum atomic E-state index is 12.2. The number of pyridine rings is 1. The highest BCUT2D eigenvalue weighted by atomic mass is 19.4. The molecule has 9 heteroatoms. The minimum absolute atomic E-state index is 0.208. The van der Waals surface area contributed by atoms with Crippen molar-refractivity contribution >= 4 is 5.96 Å². The van der Waals surface area contributed by atoms with E-state index in [-0.39, 0.29) is 11.7 Å². The van der Waals surface area contributed by atoms with Gasteiger partial charge in [-0.05, 0) is 34.9 Å². The lowest BCUT2D eigenvalue weighted by Gasteiger charge is -2.10. The van der Waals surface area contributed by atoms with Crippen molar-refractivity contribution in [1.29, 1.82) is 0 Å². The molecule has 0 aliphatic carbocycles. The lowest BCUT2D eigenvalue weighted by atomic mass is 10.2. The number of hydrogen-bond donors (Lipinski definition) is 2. The standard InChI is InChI=1S/C22H21F3N4O2/c23-22(24,25)31-19-8-6-16(7-9-19)13-28-21(26)29-14-18-10-11-27-20(12-18)30-15-17-4-2-1-3-5-17/h1-12H,13-15H2,(H3,26,28,29). The van der Waals surface area contributed by atoms with Gasteiger partial charge in [-0.25, -0.2) is 9.98 Å². The third kappa shape index (κ3) is 7.88. The van der Waals surface area contributed by atoms with E-state index >= 15 is 0 Å². The van der Waals surface area contributed by atoms with Crippen molar-refractivity contribution in [1.82, 2.24) is 10.3 Å². The number of benzene rings is 2. The van der Waals surface area contributed by atoms with Crippen molar-refractivity contribution in [3.63, 3.8) is 0 Å². The summed E-state index contributed by atoms with van der Waals surface area (Å²) in [6.07, 6.45) is -3.07. The van der Waals surface area contributed by atoms with Gasteiger partial charge in [0, 0.05) is 18.8 Å². The Balaban J connectivity index is 1.47. The van der Waals surface area contributed by atoms with Crippen LogP contribution in [-0.4, -0.2) is 17.3 Å². The number of aromatic nitrogens is 1. The summed E-state index contributed by atoms with van der Waals surface area (Å²) in [5.41, 5.74) is 8.52. The van der Waals surface area contributed by atoms with Crippen LogP contribution in [0.15, 0.2) is 77.9 Å². The number of guanidine groups is 1. The number of ether oxygens (including phenoxy) is 2. The average molecular weight is 430 g/mol. The summed E-state index contributed by atoms with van der Waals surface area (Å²) in [7, 11) is 0. The Labute approximate surface area is 177 Å². The van der Waals surface area contributed by atoms with Crippen molar-refractivity contribution < 1.29 is 22.6 Å². The maximum Gasteiger partial charge on any atom is 0.573 e. The molecule has 0 aliphatic heterocycles. The first kappa shape index (κ1) is 21.9. The first-order valence-corrected chi connectivity index (χ1v) is 9.37. The fraction of sp³-hybridized carbons (Fsp3) is 0.182. The van der Waals surface area contributed by atoms with E-state index in [2.05, 4.69) is 20.0 Å². The van der Waals surface area contributed by atoms with E-state index in [4.69, 9.17) is 10.5 Å². The molecule has 6 nitrogen and oxygen atoms in total. The number of halogens is 3. The summed E-state index contributed by atoms with van der Waals surface area (Å²) in [6, 6.07) is 18.9. The third-order valence-electron chi connectivity index (χ3n) is 4.09. The number of rotatable bonds is 8. The molecule has 0 bridgehead atoms. The summed E-state index contributed by atoms with van der Waals surface area (Å²) in [6.45, 7) is 1.04. The van der Waals surface area contributed by atoms with Gasteiger partial charge in [-0.2, -0.15) is 0 Å². The molecule has 0 amide bonds. The molecule has 3 aromatic rings. The van der Waals surface area contributed by atoms with Crippen LogP contribution >= 0.6 is 0 Å². The minimum atomic E-state index is -4.71. The van der Waals surface area contributed by atoms with Crippen LogP contribution in [-0.2, 0) is 19.7 Å². The molecule has 3 N–H and O–H groups in total. The first-order valence-electron chi connectivity index (χ1n) is 9.37. The molecule has 3 rings (SSSR count). The zero-order valence-electron chi connectivity index (χ0n) is 16.5. The topological polar surface area (TPSA) is 81.8 Å². The highest BCUT2D eigenvalue weighted by Gasteiger charge is 2.30. The van der Waals surface area contributed by atoms with E-state index in [0.29, 0.717) is 25.6 Å². The maximum absolute atomic E-state index is 12.2. The summed E-state index contributed by atoms with van der Waals surface area (Å²) >= 11 is 0. The van der Waals surface area contributed by atoms with E-state index in [9.17, 15) is 13.2 Å². The van der Waals surface area contributed by atoms with Crippen LogP contribution in [0.4, 0.5) is 13.2 Å². The quantitative estimate of drug-likeness (QED) is 0.414. The van der Waals surface area contributed by atoms with Gasteiger partial charge in [-0.15, -0.1) is 13.2 Å². The van der Waals surface area contributed by atoms with Gasteiger partial charge in [-0.1, -0.05) is 42.5 Å². The molecule has 0 spiro atoms. The third-order valence-corrected chi connectivity index (χ3v) is 4.09. The monoisotopic (exact) mass is 430 g/mol. The SMILES string of the molecule is NC(=NCc1ccnc(OCc2ccccc2)c1)NCc1ccc(OC(F)(F)F)cc1. The second kappa shape index (κ2) is 10.3. The molecule has 0 unspecified atom stereocenters. The van der Waals surface area contributed by atoms with Crippen LogP contribution in [0.2, 0.25) is 0 Å². The van der Waals surface area contributed by atoms with Crippen molar-refractivity contribution in [2.24, 2.45) is 10.7 Å². The predicted molar refractivity (Wildman–Crippen MR) is 110 cm³/mol. The van der Waals surface area contributed by atoms with Crippen molar-refractivity contribution in [3.8, 4) is 11.6 Å². The Kier molecular flexibility index (Phi) is 7.31. The Morgan fingerprint density at radius 1 is 0.968 bits per heavy atom. The van der Waals surface area contributed by atoms with E-state index in [1.54, 1.807) is 12.3 Å². The lowest BCUT2D eigenvalue weighted by molar-refractivity contribution is -0.274. The van der Waals surface area contributed by atoms with Gasteiger partial charge in [0.1, 0.15) is 12.4 Å². The minimum Gasteiger partial charge on any atom is -0.473 e. The Morgan fingerprint density at radius 3 is 2.42 bits per heavy atom. The Morgan fingerprint density at radius 2 is 1.71 bits per heavy atom. The zero-order chi connectivity index (χ0) is 22.1. The normalized spacial score (nSPS) is 11.8. The van der Waals surface area contributed by atoms with Crippen LogP contribution in [0, 0.1) is 0 Å². The molecule has 0 radical (unpaired) electrons. The van der Waals surface area contributed by atoms with E-state index < -0.39 is 6.36 Å². The van der Waals surface area contributed by atoms with Crippen LogP contribution in [0.5, 0.6) is 11.6 Å². The fourth-order valence-electron chi connectivity index (χ4n) is 2.59. The van der Waals surface area contributed by atoms with Gasteiger partial charge >= 0.3 is 6.36 Å². The highest BCUT2D eigenvalue weighted by Crippen LogP contribution is 2.22. The molecule has 0 saturated heterocycles. The molecular formula is C22H21F3N4O2. The number of alkyl halides is 3. The fourth-order valence-corrected chi connectivity index (χ4v) is 2.59. The molecule has 162 valence electrons. The summed E-state index contributed by atoms with van der Waals surface area (Å²) in [5, 5.41) is 2.92. The van der Waals surface area contributed by atoms with Crippen molar-refractivity contribution in [2.45, 2.75) is 26.1 Å². The first-order chi connectivity index (χ1) is 14.9. The van der Waals surface area contributed by atoms with E-state index in [0.717, 1.165) is 16.7 Å². The van der Waals surface area contributed by atoms with Crippen molar-refractivity contribution in [2.75, 3.05) is 0 Å². The molecule has 1 heterocycles. The summed E-state index contributed by atoms with van der Waals surface area (Å²) in [4.78, 5) is 8.45. The molecule has 0 aliphatic rings. The van der Waals surface area contributed by atoms with Gasteiger partial charge in [-0.3, -0.25) is 0 Å². The molecule has 0 fully saturated rings. The highest BCUT2D eigenvalue weighted by molar-refractivity contribution is 5.77. The van der Waals surface area contributed by atoms with E-state index in [1.165, 1.54) is 24.3 Å². The molecular weight excluding hydrogens is 409 g/mol. The second-order valence-corrected chi connectivity index (χ2v) is 6.52. The summed E-state index contributed by atoms with van der Waals surface area (Å²) < 4.78 is 46.1. The number of nitrogens with zero attached hydrogens (tertiary/aromatic N) is 2. The van der Waals surface area contributed by atoms with Gasteiger partial charge in [0.05, 0.1) is 6.54 Å². The smallest absolute Gasteiger partial charge is 0.473 e. The second-order valence-electron chi connectivity index (χ2n) is 6.52. The zero-order valence-corrected chi connectivity index (χ0v) is 16.5. The molecule has 1 aromatic heterocycles. The molecule has 0 atom stereocenters. The molecule has 31 heavy (non-hydrogen) atoms. The predicted octanol–water partition coefficient (Wildman–Crippen LogP) is 4.16. The summed E-state index contributed by atoms with van der Waals surface area (Å²) in [5.74, 6) is 0.421. The average Bonchev–Trinajstić information content (AvgIpc) is 2.76. The molecule has 0 saturated carbocycles.